The number of benzene rings is 1. The van der Waals surface area contributed by atoms with Crippen LogP contribution in [0.2, 0.25) is 0 Å². The first-order chi connectivity index (χ1) is 9.00. The van der Waals surface area contributed by atoms with Gasteiger partial charge >= 0.3 is 0 Å². The van der Waals surface area contributed by atoms with Crippen LogP contribution in [-0.2, 0) is 6.42 Å². The lowest BCUT2D eigenvalue weighted by Gasteiger charge is -2.08. The van der Waals surface area contributed by atoms with Gasteiger partial charge in [0.05, 0.1) is 0 Å². The van der Waals surface area contributed by atoms with E-state index in [0.717, 1.165) is 38.3 Å². The molecule has 1 N–H and O–H groups in total. The van der Waals surface area contributed by atoms with Crippen molar-refractivity contribution in [3.05, 3.63) is 34.9 Å². The Morgan fingerprint density at radius 3 is 2.37 bits per heavy atom. The van der Waals surface area contributed by atoms with E-state index in [1.54, 1.807) is 13.0 Å². The number of aryl methyl sites for hydroxylation is 2. The molecule has 1 rings (SSSR count). The average molecular weight is 269 g/mol. The smallest absolute Gasteiger partial charge is 0.129 e. The van der Waals surface area contributed by atoms with Crippen LogP contribution in [0.3, 0.4) is 0 Å². The van der Waals surface area contributed by atoms with Crippen molar-refractivity contribution >= 4 is 0 Å². The summed E-state index contributed by atoms with van der Waals surface area (Å²) in [5.74, 6) is -0.870. The zero-order valence-electron chi connectivity index (χ0n) is 12.2. The van der Waals surface area contributed by atoms with Gasteiger partial charge in [0.2, 0.25) is 0 Å². The molecule has 0 radical (unpaired) electrons. The first kappa shape index (κ1) is 16.1. The van der Waals surface area contributed by atoms with E-state index in [-0.39, 0.29) is 0 Å². The fourth-order valence-electron chi connectivity index (χ4n) is 2.09. The van der Waals surface area contributed by atoms with Crippen LogP contribution in [0.4, 0.5) is 8.78 Å². The molecular weight excluding hydrogens is 244 g/mol. The molecule has 1 aromatic carbocycles. The zero-order chi connectivity index (χ0) is 14.3. The van der Waals surface area contributed by atoms with Crippen LogP contribution >= 0.6 is 0 Å². The summed E-state index contributed by atoms with van der Waals surface area (Å²) in [7, 11) is 0. The van der Waals surface area contributed by atoms with E-state index in [0.29, 0.717) is 23.6 Å². The minimum absolute atomic E-state index is 0.412. The van der Waals surface area contributed by atoms with Crippen LogP contribution in [0.25, 0.3) is 0 Å². The maximum Gasteiger partial charge on any atom is 0.129 e. The molecule has 1 nitrogen and oxygen atoms in total. The second kappa shape index (κ2) is 8.26. The number of hydrogen-bond acceptors (Lipinski definition) is 1. The second-order valence-electron chi connectivity index (χ2n) is 5.47. The molecule has 0 aromatic heterocycles. The number of rotatable bonds is 8. The van der Waals surface area contributed by atoms with E-state index in [2.05, 4.69) is 19.2 Å². The molecule has 108 valence electrons. The van der Waals surface area contributed by atoms with Gasteiger partial charge in [0.15, 0.2) is 0 Å². The second-order valence-corrected chi connectivity index (χ2v) is 5.47. The van der Waals surface area contributed by atoms with E-state index < -0.39 is 11.6 Å². The third kappa shape index (κ3) is 6.15. The highest BCUT2D eigenvalue weighted by Gasteiger charge is 2.06. The van der Waals surface area contributed by atoms with Gasteiger partial charge in [-0.15, -0.1) is 0 Å². The van der Waals surface area contributed by atoms with Gasteiger partial charge in [-0.3, -0.25) is 0 Å². The predicted molar refractivity (Wildman–Crippen MR) is 76.4 cm³/mol. The standard InChI is InChI=1S/C16H25F2N/c1-12(2)19-9-7-5-4-6-8-14-10-13(3)15(17)11-16(14)18/h10-12,19H,4-9H2,1-3H3. The third-order valence-corrected chi connectivity index (χ3v) is 3.25. The van der Waals surface area contributed by atoms with Crippen molar-refractivity contribution in [2.75, 3.05) is 6.54 Å². The van der Waals surface area contributed by atoms with Gasteiger partial charge in [-0.2, -0.15) is 0 Å². The monoisotopic (exact) mass is 269 g/mol. The summed E-state index contributed by atoms with van der Waals surface area (Å²) in [6.07, 6.45) is 5.06. The summed E-state index contributed by atoms with van der Waals surface area (Å²) in [5.41, 5.74) is 1.16. The van der Waals surface area contributed by atoms with E-state index in [1.807, 2.05) is 0 Å². The van der Waals surface area contributed by atoms with E-state index in [1.165, 1.54) is 0 Å². The molecule has 0 unspecified atom stereocenters. The Bertz CT molecular complexity index is 389. The number of unbranched alkanes of at least 4 members (excludes halogenated alkanes) is 3. The Morgan fingerprint density at radius 2 is 1.68 bits per heavy atom. The van der Waals surface area contributed by atoms with Crippen molar-refractivity contribution in [2.45, 2.75) is 58.9 Å². The van der Waals surface area contributed by atoms with Crippen LogP contribution in [-0.4, -0.2) is 12.6 Å². The van der Waals surface area contributed by atoms with Crippen LogP contribution in [0, 0.1) is 18.6 Å². The molecule has 1 aromatic rings. The lowest BCUT2D eigenvalue weighted by atomic mass is 10.0. The molecular formula is C16H25F2N. The Labute approximate surface area is 115 Å². The largest absolute Gasteiger partial charge is 0.315 e. The molecule has 0 fully saturated rings. The van der Waals surface area contributed by atoms with Crippen LogP contribution in [0.5, 0.6) is 0 Å². The molecule has 19 heavy (non-hydrogen) atoms. The molecule has 0 saturated heterocycles. The van der Waals surface area contributed by atoms with E-state index in [9.17, 15) is 8.78 Å². The first-order valence-corrected chi connectivity index (χ1v) is 7.18. The molecule has 0 saturated carbocycles. The van der Waals surface area contributed by atoms with Crippen molar-refractivity contribution in [3.63, 3.8) is 0 Å². The summed E-state index contributed by atoms with van der Waals surface area (Å²) in [6.45, 7) is 7.00. The molecule has 0 bridgehead atoms. The normalized spacial score (nSPS) is 11.3. The maximum absolute atomic E-state index is 13.5. The Kier molecular flexibility index (Phi) is 7.00. The lowest BCUT2D eigenvalue weighted by molar-refractivity contribution is 0.535. The minimum atomic E-state index is -0.457. The summed E-state index contributed by atoms with van der Waals surface area (Å²) >= 11 is 0. The van der Waals surface area contributed by atoms with Crippen molar-refractivity contribution in [1.29, 1.82) is 0 Å². The summed E-state index contributed by atoms with van der Waals surface area (Å²) in [6, 6.07) is 3.17. The zero-order valence-corrected chi connectivity index (χ0v) is 12.2. The van der Waals surface area contributed by atoms with Gasteiger partial charge in [-0.05, 0) is 43.9 Å². The Balaban J connectivity index is 2.21. The predicted octanol–water partition coefficient (Wildman–Crippen LogP) is 4.37. The molecule has 0 aliphatic heterocycles. The van der Waals surface area contributed by atoms with E-state index >= 15 is 0 Å². The Morgan fingerprint density at radius 1 is 1.00 bits per heavy atom. The molecule has 0 aliphatic carbocycles. The SMILES string of the molecule is Cc1cc(CCCCCCNC(C)C)c(F)cc1F. The highest BCUT2D eigenvalue weighted by molar-refractivity contribution is 5.25. The molecule has 0 spiro atoms. The summed E-state index contributed by atoms with van der Waals surface area (Å²) < 4.78 is 26.6. The summed E-state index contributed by atoms with van der Waals surface area (Å²) in [5, 5.41) is 3.38. The minimum Gasteiger partial charge on any atom is -0.315 e. The van der Waals surface area contributed by atoms with Crippen molar-refractivity contribution in [2.24, 2.45) is 0 Å². The molecule has 0 heterocycles. The van der Waals surface area contributed by atoms with Crippen LogP contribution < -0.4 is 5.32 Å². The van der Waals surface area contributed by atoms with Gasteiger partial charge in [-0.1, -0.05) is 32.8 Å². The molecule has 0 aliphatic rings. The first-order valence-electron chi connectivity index (χ1n) is 7.18. The fourth-order valence-corrected chi connectivity index (χ4v) is 2.09. The molecule has 0 amide bonds. The van der Waals surface area contributed by atoms with Crippen molar-refractivity contribution < 1.29 is 8.78 Å². The molecule has 0 atom stereocenters. The summed E-state index contributed by atoms with van der Waals surface area (Å²) in [4.78, 5) is 0. The maximum atomic E-state index is 13.5. The van der Waals surface area contributed by atoms with Gasteiger partial charge in [-0.25, -0.2) is 8.78 Å². The highest BCUT2D eigenvalue weighted by Crippen LogP contribution is 2.16. The number of nitrogens with one attached hydrogen (secondary N) is 1. The quantitative estimate of drug-likeness (QED) is 0.691. The number of halogens is 2. The Hall–Kier alpha value is -0.960. The van der Waals surface area contributed by atoms with Gasteiger partial charge < -0.3 is 5.32 Å². The van der Waals surface area contributed by atoms with E-state index in [4.69, 9.17) is 0 Å². The van der Waals surface area contributed by atoms with Crippen LogP contribution in [0.1, 0.15) is 50.7 Å². The topological polar surface area (TPSA) is 12.0 Å². The highest BCUT2D eigenvalue weighted by atomic mass is 19.1. The van der Waals surface area contributed by atoms with Gasteiger partial charge in [0.1, 0.15) is 11.6 Å². The fraction of sp³-hybridized carbons (Fsp3) is 0.625. The van der Waals surface area contributed by atoms with Crippen LogP contribution in [0.15, 0.2) is 12.1 Å². The van der Waals surface area contributed by atoms with Gasteiger partial charge in [0, 0.05) is 12.1 Å². The number of hydrogen-bond donors (Lipinski definition) is 1. The van der Waals surface area contributed by atoms with Gasteiger partial charge in [0.25, 0.3) is 0 Å². The third-order valence-electron chi connectivity index (χ3n) is 3.25. The van der Waals surface area contributed by atoms with Crippen molar-refractivity contribution in [1.82, 2.24) is 5.32 Å². The lowest BCUT2D eigenvalue weighted by Crippen LogP contribution is -2.23. The van der Waals surface area contributed by atoms with Crippen molar-refractivity contribution in [3.8, 4) is 0 Å². The molecule has 3 heteroatoms. The average Bonchev–Trinajstić information content (AvgIpc) is 2.33.